The number of nitrogens with one attached hydrogen (secondary N) is 1. The molecule has 116 valence electrons. The Kier molecular flexibility index (Phi) is 4.36. The SMILES string of the molecule is CS(=O)(=O)N1CCC(NC2CCN3CCCCC23)CC1. The zero-order chi connectivity index (χ0) is 14.2. The summed E-state index contributed by atoms with van der Waals surface area (Å²) in [6.07, 6.45) is 8.54. The van der Waals surface area contributed by atoms with Crippen LogP contribution in [0.15, 0.2) is 0 Å². The summed E-state index contributed by atoms with van der Waals surface area (Å²) in [6.45, 7) is 3.87. The highest BCUT2D eigenvalue weighted by atomic mass is 32.2. The van der Waals surface area contributed by atoms with Gasteiger partial charge < -0.3 is 5.32 Å². The molecule has 0 aromatic heterocycles. The Morgan fingerprint density at radius 2 is 1.70 bits per heavy atom. The average molecular weight is 301 g/mol. The van der Waals surface area contributed by atoms with Crippen LogP contribution in [0, 0.1) is 0 Å². The Morgan fingerprint density at radius 1 is 0.950 bits per heavy atom. The zero-order valence-corrected chi connectivity index (χ0v) is 13.2. The molecule has 2 unspecified atom stereocenters. The van der Waals surface area contributed by atoms with Crippen molar-refractivity contribution >= 4 is 10.0 Å². The van der Waals surface area contributed by atoms with Crippen LogP contribution < -0.4 is 5.32 Å². The lowest BCUT2D eigenvalue weighted by Gasteiger charge is -2.36. The van der Waals surface area contributed by atoms with Gasteiger partial charge in [0.15, 0.2) is 0 Å². The van der Waals surface area contributed by atoms with E-state index < -0.39 is 10.0 Å². The molecule has 0 bridgehead atoms. The summed E-state index contributed by atoms with van der Waals surface area (Å²) >= 11 is 0. The Hall–Kier alpha value is -0.170. The fourth-order valence-electron chi connectivity index (χ4n) is 4.10. The van der Waals surface area contributed by atoms with Crippen LogP contribution in [-0.4, -0.2) is 68.2 Å². The number of nitrogens with zero attached hydrogens (tertiary/aromatic N) is 2. The maximum absolute atomic E-state index is 11.5. The van der Waals surface area contributed by atoms with Gasteiger partial charge in [0.25, 0.3) is 0 Å². The van der Waals surface area contributed by atoms with Gasteiger partial charge in [0.05, 0.1) is 6.26 Å². The molecule has 0 aliphatic carbocycles. The topological polar surface area (TPSA) is 52.7 Å². The summed E-state index contributed by atoms with van der Waals surface area (Å²) in [5.74, 6) is 0. The van der Waals surface area contributed by atoms with E-state index in [9.17, 15) is 8.42 Å². The second-order valence-electron chi connectivity index (χ2n) is 6.60. The number of hydrogen-bond acceptors (Lipinski definition) is 4. The molecule has 3 aliphatic rings. The molecule has 0 spiro atoms. The van der Waals surface area contributed by atoms with Crippen LogP contribution >= 0.6 is 0 Å². The highest BCUT2D eigenvalue weighted by Gasteiger charge is 2.37. The van der Waals surface area contributed by atoms with Crippen LogP contribution in [-0.2, 0) is 10.0 Å². The number of sulfonamides is 1. The molecule has 0 aromatic rings. The van der Waals surface area contributed by atoms with Gasteiger partial charge in [-0.1, -0.05) is 6.42 Å². The average Bonchev–Trinajstić information content (AvgIpc) is 2.82. The molecule has 2 atom stereocenters. The molecular weight excluding hydrogens is 274 g/mol. The van der Waals surface area contributed by atoms with Crippen molar-refractivity contribution in [2.24, 2.45) is 0 Å². The van der Waals surface area contributed by atoms with Gasteiger partial charge in [-0.05, 0) is 38.6 Å². The van der Waals surface area contributed by atoms with E-state index >= 15 is 0 Å². The van der Waals surface area contributed by atoms with Crippen LogP contribution in [0.3, 0.4) is 0 Å². The molecule has 20 heavy (non-hydrogen) atoms. The first-order valence-corrected chi connectivity index (χ1v) is 9.84. The monoisotopic (exact) mass is 301 g/mol. The smallest absolute Gasteiger partial charge is 0.211 e. The Bertz CT molecular complexity index is 432. The van der Waals surface area contributed by atoms with Crippen LogP contribution in [0.1, 0.15) is 38.5 Å². The highest BCUT2D eigenvalue weighted by molar-refractivity contribution is 7.88. The van der Waals surface area contributed by atoms with E-state index in [4.69, 9.17) is 0 Å². The van der Waals surface area contributed by atoms with Gasteiger partial charge in [0.2, 0.25) is 10.0 Å². The third kappa shape index (κ3) is 3.18. The van der Waals surface area contributed by atoms with Crippen LogP contribution in [0.5, 0.6) is 0 Å². The van der Waals surface area contributed by atoms with Crippen molar-refractivity contribution in [3.8, 4) is 0 Å². The minimum atomic E-state index is -3.00. The molecule has 3 aliphatic heterocycles. The van der Waals surface area contributed by atoms with Crippen LogP contribution in [0.4, 0.5) is 0 Å². The first-order chi connectivity index (χ1) is 9.54. The largest absolute Gasteiger partial charge is 0.310 e. The molecule has 3 saturated heterocycles. The first-order valence-electron chi connectivity index (χ1n) is 7.99. The van der Waals surface area contributed by atoms with Gasteiger partial charge in [-0.25, -0.2) is 12.7 Å². The predicted molar refractivity (Wildman–Crippen MR) is 80.2 cm³/mol. The number of rotatable bonds is 3. The second kappa shape index (κ2) is 5.91. The second-order valence-corrected chi connectivity index (χ2v) is 8.58. The quantitative estimate of drug-likeness (QED) is 0.830. The van der Waals surface area contributed by atoms with E-state index in [-0.39, 0.29) is 0 Å². The molecule has 0 radical (unpaired) electrons. The molecular formula is C14H27N3O2S. The lowest BCUT2D eigenvalue weighted by atomic mass is 9.97. The highest BCUT2D eigenvalue weighted by Crippen LogP contribution is 2.28. The minimum absolute atomic E-state index is 0.500. The van der Waals surface area contributed by atoms with Crippen LogP contribution in [0.25, 0.3) is 0 Å². The molecule has 0 amide bonds. The van der Waals surface area contributed by atoms with Gasteiger partial charge in [0, 0.05) is 37.8 Å². The van der Waals surface area contributed by atoms with Crippen molar-refractivity contribution in [3.63, 3.8) is 0 Å². The fourth-order valence-corrected chi connectivity index (χ4v) is 4.97. The summed E-state index contributed by atoms with van der Waals surface area (Å²) < 4.78 is 24.7. The van der Waals surface area contributed by atoms with Gasteiger partial charge >= 0.3 is 0 Å². The zero-order valence-electron chi connectivity index (χ0n) is 12.4. The van der Waals surface area contributed by atoms with E-state index in [0.29, 0.717) is 25.2 Å². The fraction of sp³-hybridized carbons (Fsp3) is 1.00. The van der Waals surface area contributed by atoms with Gasteiger partial charge in [-0.2, -0.15) is 0 Å². The molecule has 0 saturated carbocycles. The minimum Gasteiger partial charge on any atom is -0.310 e. The first kappa shape index (κ1) is 14.8. The lowest BCUT2D eigenvalue weighted by Crippen LogP contribution is -2.51. The Labute approximate surface area is 122 Å². The summed E-state index contributed by atoms with van der Waals surface area (Å²) in [6, 6.07) is 1.86. The van der Waals surface area contributed by atoms with Crippen molar-refractivity contribution < 1.29 is 8.42 Å². The molecule has 6 heteroatoms. The Morgan fingerprint density at radius 3 is 2.40 bits per heavy atom. The van der Waals surface area contributed by atoms with Crippen molar-refractivity contribution in [1.29, 1.82) is 0 Å². The molecule has 0 aromatic carbocycles. The maximum atomic E-state index is 11.5. The Balaban J connectivity index is 1.50. The summed E-state index contributed by atoms with van der Waals surface area (Å²) in [4.78, 5) is 2.65. The van der Waals surface area contributed by atoms with E-state index in [1.54, 1.807) is 4.31 Å². The van der Waals surface area contributed by atoms with Gasteiger partial charge in [-0.3, -0.25) is 4.90 Å². The number of fused-ring (bicyclic) bond motifs is 1. The molecule has 5 nitrogen and oxygen atoms in total. The predicted octanol–water partition coefficient (Wildman–Crippen LogP) is 0.627. The lowest BCUT2D eigenvalue weighted by molar-refractivity contribution is 0.170. The number of hydrogen-bond donors (Lipinski definition) is 1. The van der Waals surface area contributed by atoms with E-state index in [1.807, 2.05) is 0 Å². The van der Waals surface area contributed by atoms with Crippen molar-refractivity contribution in [3.05, 3.63) is 0 Å². The van der Waals surface area contributed by atoms with Crippen molar-refractivity contribution in [2.45, 2.75) is 56.7 Å². The molecule has 1 N–H and O–H groups in total. The maximum Gasteiger partial charge on any atom is 0.211 e. The standard InChI is InChI=1S/C14H27N3O2S/c1-20(18,19)17-10-5-12(6-11-17)15-13-7-9-16-8-3-2-4-14(13)16/h12-15H,2-11H2,1H3. The molecule has 3 rings (SSSR count). The van der Waals surface area contributed by atoms with Crippen LogP contribution in [0.2, 0.25) is 0 Å². The van der Waals surface area contributed by atoms with Crippen molar-refractivity contribution in [2.75, 3.05) is 32.4 Å². The summed E-state index contributed by atoms with van der Waals surface area (Å²) in [5.41, 5.74) is 0. The summed E-state index contributed by atoms with van der Waals surface area (Å²) in [5, 5.41) is 3.83. The third-order valence-electron chi connectivity index (χ3n) is 5.23. The third-order valence-corrected chi connectivity index (χ3v) is 6.53. The van der Waals surface area contributed by atoms with E-state index in [1.165, 1.54) is 45.0 Å². The normalized spacial score (nSPS) is 34.2. The molecule has 3 fully saturated rings. The summed E-state index contributed by atoms with van der Waals surface area (Å²) in [7, 11) is -3.00. The van der Waals surface area contributed by atoms with E-state index in [2.05, 4.69) is 10.2 Å². The molecule has 3 heterocycles. The number of piperidine rings is 2. The van der Waals surface area contributed by atoms with Gasteiger partial charge in [0.1, 0.15) is 0 Å². The van der Waals surface area contributed by atoms with E-state index in [0.717, 1.165) is 18.9 Å². The van der Waals surface area contributed by atoms with Gasteiger partial charge in [-0.15, -0.1) is 0 Å². The van der Waals surface area contributed by atoms with Crippen molar-refractivity contribution in [1.82, 2.24) is 14.5 Å².